The molecule has 0 atom stereocenters. The Morgan fingerprint density at radius 2 is 1.83 bits per heavy atom. The molecule has 0 bridgehead atoms. The van der Waals surface area contributed by atoms with E-state index in [1.165, 1.54) is 26.2 Å². The van der Waals surface area contributed by atoms with Gasteiger partial charge in [0.25, 0.3) is 0 Å². The minimum absolute atomic E-state index is 0.336. The van der Waals surface area contributed by atoms with Crippen LogP contribution in [0.2, 0.25) is 0 Å². The van der Waals surface area contributed by atoms with Crippen molar-refractivity contribution in [1.29, 1.82) is 0 Å². The number of hydrogen-bond acceptors (Lipinski definition) is 3. The van der Waals surface area contributed by atoms with Crippen molar-refractivity contribution in [3.8, 4) is 0 Å². The molecule has 2 heterocycles. The Hall–Kier alpha value is 0.610. The maximum absolute atomic E-state index is 5.19. The van der Waals surface area contributed by atoms with Crippen LogP contribution in [0.5, 0.6) is 0 Å². The van der Waals surface area contributed by atoms with E-state index in [1.807, 2.05) is 0 Å². The van der Waals surface area contributed by atoms with Crippen LogP contribution in [0.25, 0.3) is 0 Å². The topological polar surface area (TPSA) is 15.7 Å². The van der Waals surface area contributed by atoms with Gasteiger partial charge in [-0.1, -0.05) is 0 Å². The first kappa shape index (κ1) is 9.18. The fourth-order valence-corrected chi connectivity index (χ4v) is 3.06. The summed E-state index contributed by atoms with van der Waals surface area (Å²) in [6.07, 6.45) is 0. The van der Waals surface area contributed by atoms with Gasteiger partial charge in [0, 0.05) is 0 Å². The molecule has 0 amide bonds. The average Bonchev–Trinajstić information content (AvgIpc) is 2.03. The molecule has 0 aliphatic carbocycles. The van der Waals surface area contributed by atoms with Crippen LogP contribution in [0.4, 0.5) is 0 Å². The van der Waals surface area contributed by atoms with E-state index in [0.717, 1.165) is 19.3 Å². The Balaban J connectivity index is 1.74. The molecule has 0 radical (unpaired) electrons. The molecule has 4 heteroatoms. The first-order valence-electron chi connectivity index (χ1n) is 4.46. The fraction of sp³-hybridized carbons (Fsp3) is 1.00. The van der Waals surface area contributed by atoms with Crippen LogP contribution in [-0.4, -0.2) is 58.4 Å². The summed E-state index contributed by atoms with van der Waals surface area (Å²) < 4.78 is 7.81. The molecule has 0 saturated carbocycles. The summed E-state index contributed by atoms with van der Waals surface area (Å²) in [6.45, 7) is 7.06. The van der Waals surface area contributed by atoms with Gasteiger partial charge in [-0.25, -0.2) is 0 Å². The van der Waals surface area contributed by atoms with E-state index in [4.69, 9.17) is 4.74 Å². The van der Waals surface area contributed by atoms with Crippen LogP contribution in [0.3, 0.4) is 0 Å². The molecule has 72 valence electrons. The monoisotopic (exact) mass is 283 g/mol. The standard InChI is InChI=1S/C8H16IN2O/c1-9-11-4-2-10(3-5-11)8-6-12-7-8/h8H,2-7H2,1H3/q-1. The Kier molecular flexibility index (Phi) is 3.22. The van der Waals surface area contributed by atoms with Crippen molar-refractivity contribution in [2.24, 2.45) is 0 Å². The van der Waals surface area contributed by atoms with Gasteiger partial charge < -0.3 is 0 Å². The van der Waals surface area contributed by atoms with Gasteiger partial charge in [-0.15, -0.1) is 0 Å². The van der Waals surface area contributed by atoms with E-state index in [1.54, 1.807) is 0 Å². The van der Waals surface area contributed by atoms with Crippen molar-refractivity contribution < 1.29 is 26.2 Å². The van der Waals surface area contributed by atoms with Gasteiger partial charge in [-0.05, 0) is 0 Å². The molecule has 0 aromatic carbocycles. The number of ether oxygens (including phenoxy) is 1. The van der Waals surface area contributed by atoms with E-state index in [0.29, 0.717) is 21.5 Å². The van der Waals surface area contributed by atoms with Gasteiger partial charge in [0.2, 0.25) is 0 Å². The number of hydrogen-bond donors (Lipinski definition) is 0. The van der Waals surface area contributed by atoms with Crippen molar-refractivity contribution in [3.05, 3.63) is 0 Å². The molecule has 2 aliphatic rings. The van der Waals surface area contributed by atoms with Crippen LogP contribution >= 0.6 is 0 Å². The fourth-order valence-electron chi connectivity index (χ4n) is 1.67. The summed E-state index contributed by atoms with van der Waals surface area (Å²) in [5.41, 5.74) is 0. The zero-order chi connectivity index (χ0) is 8.39. The van der Waals surface area contributed by atoms with E-state index >= 15 is 0 Å². The second-order valence-electron chi connectivity index (χ2n) is 3.31. The summed E-state index contributed by atoms with van der Waals surface area (Å²) in [7, 11) is 0. The Morgan fingerprint density at radius 1 is 1.17 bits per heavy atom. The third-order valence-electron chi connectivity index (χ3n) is 2.64. The number of halogens is 1. The molecule has 2 aliphatic heterocycles. The van der Waals surface area contributed by atoms with Gasteiger partial charge in [0.1, 0.15) is 0 Å². The van der Waals surface area contributed by atoms with Gasteiger partial charge in [-0.2, -0.15) is 0 Å². The van der Waals surface area contributed by atoms with E-state index in [-0.39, 0.29) is 0 Å². The third kappa shape index (κ3) is 1.92. The molecule has 0 spiro atoms. The Labute approximate surface area is 84.7 Å². The quantitative estimate of drug-likeness (QED) is 0.299. The molecule has 0 unspecified atom stereocenters. The first-order valence-corrected chi connectivity index (χ1v) is 7.59. The second-order valence-corrected chi connectivity index (χ2v) is 5.64. The predicted molar refractivity (Wildman–Crippen MR) is 43.7 cm³/mol. The molecule has 0 N–H and O–H groups in total. The Morgan fingerprint density at radius 3 is 2.25 bits per heavy atom. The van der Waals surface area contributed by atoms with Gasteiger partial charge in [-0.3, -0.25) is 0 Å². The molecule has 0 aromatic heterocycles. The van der Waals surface area contributed by atoms with Crippen LogP contribution in [0.15, 0.2) is 0 Å². The third-order valence-corrected chi connectivity index (χ3v) is 4.96. The summed E-state index contributed by atoms with van der Waals surface area (Å²) in [5, 5.41) is 0. The van der Waals surface area contributed by atoms with Crippen molar-refractivity contribution >= 4 is 0 Å². The summed E-state index contributed by atoms with van der Waals surface area (Å²) in [6, 6.07) is 0.752. The van der Waals surface area contributed by atoms with E-state index in [9.17, 15) is 0 Å². The van der Waals surface area contributed by atoms with Gasteiger partial charge in [0.15, 0.2) is 0 Å². The summed E-state index contributed by atoms with van der Waals surface area (Å²) in [5.74, 6) is 0. The van der Waals surface area contributed by atoms with Crippen molar-refractivity contribution in [3.63, 3.8) is 0 Å². The van der Waals surface area contributed by atoms with Crippen LogP contribution in [0, 0.1) is 0 Å². The average molecular weight is 283 g/mol. The molecule has 2 rings (SSSR count). The van der Waals surface area contributed by atoms with Crippen molar-refractivity contribution in [2.45, 2.75) is 6.04 Å². The van der Waals surface area contributed by atoms with Crippen molar-refractivity contribution in [1.82, 2.24) is 8.01 Å². The van der Waals surface area contributed by atoms with E-state index < -0.39 is 0 Å². The molecular formula is C8H16IN2O-. The van der Waals surface area contributed by atoms with Crippen LogP contribution in [-0.2, 0) is 4.74 Å². The molecule has 0 aromatic rings. The first-order chi connectivity index (χ1) is 5.90. The number of nitrogens with zero attached hydrogens (tertiary/aromatic N) is 2. The van der Waals surface area contributed by atoms with Gasteiger partial charge in [0.05, 0.1) is 0 Å². The van der Waals surface area contributed by atoms with Gasteiger partial charge >= 0.3 is 84.6 Å². The van der Waals surface area contributed by atoms with E-state index in [2.05, 4.69) is 12.9 Å². The minimum atomic E-state index is 0.336. The summed E-state index contributed by atoms with van der Waals surface area (Å²) in [4.78, 5) is 4.93. The van der Waals surface area contributed by atoms with Crippen LogP contribution < -0.4 is 21.5 Å². The molecule has 2 saturated heterocycles. The zero-order valence-electron chi connectivity index (χ0n) is 7.50. The maximum atomic E-state index is 5.19. The Bertz CT molecular complexity index is 144. The number of rotatable bonds is 2. The van der Waals surface area contributed by atoms with Crippen LogP contribution in [0.1, 0.15) is 0 Å². The molecule has 2 fully saturated rings. The SMILES string of the molecule is C[I-]N1CCN(C2COC2)CC1. The molecular weight excluding hydrogens is 267 g/mol. The predicted octanol–water partition coefficient (Wildman–Crippen LogP) is -3.36. The molecule has 12 heavy (non-hydrogen) atoms. The normalized spacial score (nSPS) is 29.1. The number of alkyl halides is 1. The second kappa shape index (κ2) is 4.21. The van der Waals surface area contributed by atoms with Crippen molar-refractivity contribution in [2.75, 3.05) is 44.3 Å². The summed E-state index contributed by atoms with van der Waals surface area (Å²) >= 11 is 0.336. The molecule has 3 nitrogen and oxygen atoms in total. The zero-order valence-corrected chi connectivity index (χ0v) is 9.66. The number of piperazine rings is 1.